The Morgan fingerprint density at radius 2 is 1.51 bits per heavy atom. The van der Waals surface area contributed by atoms with Crippen molar-refractivity contribution in [3.05, 3.63) is 124 Å². The molecule has 0 aliphatic heterocycles. The highest BCUT2D eigenvalue weighted by Gasteiger charge is 2.35. The molecule has 0 heterocycles. The SMILES string of the molecule is CCOc1ccc(N(CC(=O)N(Cc2cccc(C)c2)[C@H](Cc2ccccc2)C(=O)NC(C)(C)C)S(=O)(=O)c2ccc(Br)cc2)cc1. The molecule has 0 aliphatic carbocycles. The summed E-state index contributed by atoms with van der Waals surface area (Å²) in [6, 6.07) is 29.1. The fourth-order valence-corrected chi connectivity index (χ4v) is 6.83. The van der Waals surface area contributed by atoms with E-state index in [0.29, 0.717) is 18.0 Å². The van der Waals surface area contributed by atoms with Crippen LogP contribution in [0.3, 0.4) is 0 Å². The Kier molecular flexibility index (Phi) is 11.9. The van der Waals surface area contributed by atoms with E-state index in [2.05, 4.69) is 21.2 Å². The van der Waals surface area contributed by atoms with Gasteiger partial charge in [0, 0.05) is 23.0 Å². The maximum absolute atomic E-state index is 14.6. The van der Waals surface area contributed by atoms with Gasteiger partial charge < -0.3 is 15.0 Å². The van der Waals surface area contributed by atoms with E-state index in [-0.39, 0.29) is 23.8 Å². The lowest BCUT2D eigenvalue weighted by Gasteiger charge is -2.35. The van der Waals surface area contributed by atoms with E-state index in [0.717, 1.165) is 25.5 Å². The van der Waals surface area contributed by atoms with Crippen LogP contribution in [0.1, 0.15) is 44.4 Å². The summed E-state index contributed by atoms with van der Waals surface area (Å²) in [7, 11) is -4.21. The van der Waals surface area contributed by atoms with Gasteiger partial charge in [-0.1, -0.05) is 76.1 Å². The summed E-state index contributed by atoms with van der Waals surface area (Å²) >= 11 is 3.37. The van der Waals surface area contributed by atoms with Gasteiger partial charge in [-0.05, 0) is 94.3 Å². The Bertz CT molecular complexity index is 1760. The number of benzene rings is 4. The van der Waals surface area contributed by atoms with Gasteiger partial charge in [-0.15, -0.1) is 0 Å². The summed E-state index contributed by atoms with van der Waals surface area (Å²) in [6.07, 6.45) is 0.239. The number of ether oxygens (including phenoxy) is 1. The Morgan fingerprint density at radius 3 is 2.11 bits per heavy atom. The number of nitrogens with one attached hydrogen (secondary N) is 1. The molecule has 0 saturated heterocycles. The number of aryl methyl sites for hydroxylation is 1. The first-order valence-electron chi connectivity index (χ1n) is 15.5. The van der Waals surface area contributed by atoms with Crippen LogP contribution < -0.4 is 14.4 Å². The van der Waals surface area contributed by atoms with Crippen LogP contribution >= 0.6 is 15.9 Å². The second-order valence-electron chi connectivity index (χ2n) is 12.3. The molecule has 0 aliphatic rings. The van der Waals surface area contributed by atoms with Gasteiger partial charge >= 0.3 is 0 Å². The number of nitrogens with zero attached hydrogens (tertiary/aromatic N) is 2. The third-order valence-electron chi connectivity index (χ3n) is 7.32. The number of rotatable bonds is 13. The van der Waals surface area contributed by atoms with E-state index in [9.17, 15) is 18.0 Å². The molecule has 0 aromatic heterocycles. The summed E-state index contributed by atoms with van der Waals surface area (Å²) in [5, 5.41) is 3.05. The van der Waals surface area contributed by atoms with Gasteiger partial charge in [0.2, 0.25) is 11.8 Å². The number of halogens is 1. The summed E-state index contributed by atoms with van der Waals surface area (Å²) in [5.74, 6) is -0.275. The molecular formula is C37H42BrN3O5S. The first kappa shape index (κ1) is 35.7. The number of hydrogen-bond acceptors (Lipinski definition) is 5. The van der Waals surface area contributed by atoms with E-state index in [1.807, 2.05) is 89.2 Å². The molecular weight excluding hydrogens is 678 g/mol. The minimum atomic E-state index is -4.21. The minimum Gasteiger partial charge on any atom is -0.494 e. The van der Waals surface area contributed by atoms with Gasteiger partial charge in [0.15, 0.2) is 0 Å². The van der Waals surface area contributed by atoms with Crippen molar-refractivity contribution in [2.45, 2.75) is 64.1 Å². The molecule has 47 heavy (non-hydrogen) atoms. The van der Waals surface area contributed by atoms with E-state index in [4.69, 9.17) is 4.74 Å². The molecule has 8 nitrogen and oxygen atoms in total. The first-order chi connectivity index (χ1) is 22.3. The summed E-state index contributed by atoms with van der Waals surface area (Å²) in [6.45, 7) is 9.49. The van der Waals surface area contributed by atoms with E-state index < -0.39 is 34.1 Å². The van der Waals surface area contributed by atoms with Crippen molar-refractivity contribution in [1.29, 1.82) is 0 Å². The van der Waals surface area contributed by atoms with Crippen LogP contribution in [0.25, 0.3) is 0 Å². The third-order valence-corrected chi connectivity index (χ3v) is 9.64. The highest BCUT2D eigenvalue weighted by molar-refractivity contribution is 9.10. The molecule has 0 saturated carbocycles. The maximum Gasteiger partial charge on any atom is 0.264 e. The van der Waals surface area contributed by atoms with Gasteiger partial charge in [-0.25, -0.2) is 8.42 Å². The Morgan fingerprint density at radius 1 is 0.872 bits per heavy atom. The zero-order chi connectivity index (χ0) is 34.2. The van der Waals surface area contributed by atoms with Crippen molar-refractivity contribution in [2.75, 3.05) is 17.5 Å². The molecule has 0 radical (unpaired) electrons. The fraction of sp³-hybridized carbons (Fsp3) is 0.297. The average Bonchev–Trinajstić information content (AvgIpc) is 3.02. The number of amides is 2. The molecule has 248 valence electrons. The molecule has 1 N–H and O–H groups in total. The van der Waals surface area contributed by atoms with Gasteiger partial charge in [0.1, 0.15) is 18.3 Å². The van der Waals surface area contributed by atoms with Crippen LogP contribution in [0.15, 0.2) is 112 Å². The average molecular weight is 721 g/mol. The Hall–Kier alpha value is -4.15. The van der Waals surface area contributed by atoms with Crippen LogP contribution in [0.5, 0.6) is 5.75 Å². The molecule has 0 fully saturated rings. The van der Waals surface area contributed by atoms with E-state index in [1.165, 1.54) is 17.0 Å². The van der Waals surface area contributed by atoms with Crippen LogP contribution in [0, 0.1) is 6.92 Å². The molecule has 2 amide bonds. The highest BCUT2D eigenvalue weighted by atomic mass is 79.9. The molecule has 0 unspecified atom stereocenters. The fourth-order valence-electron chi connectivity index (χ4n) is 5.15. The maximum atomic E-state index is 14.6. The zero-order valence-corrected chi connectivity index (χ0v) is 29.8. The topological polar surface area (TPSA) is 96.0 Å². The summed E-state index contributed by atoms with van der Waals surface area (Å²) in [5.41, 5.74) is 2.42. The van der Waals surface area contributed by atoms with Crippen molar-refractivity contribution in [1.82, 2.24) is 10.2 Å². The predicted molar refractivity (Wildman–Crippen MR) is 190 cm³/mol. The van der Waals surface area contributed by atoms with Crippen LogP contribution in [0.4, 0.5) is 5.69 Å². The lowest BCUT2D eigenvalue weighted by atomic mass is 10.0. The molecule has 0 bridgehead atoms. The lowest BCUT2D eigenvalue weighted by molar-refractivity contribution is -0.140. The summed E-state index contributed by atoms with van der Waals surface area (Å²) in [4.78, 5) is 30.2. The molecule has 4 rings (SSSR count). The minimum absolute atomic E-state index is 0.0268. The normalized spacial score (nSPS) is 12.2. The monoisotopic (exact) mass is 719 g/mol. The van der Waals surface area contributed by atoms with Crippen LogP contribution in [0.2, 0.25) is 0 Å². The zero-order valence-electron chi connectivity index (χ0n) is 27.4. The molecule has 1 atom stereocenters. The second-order valence-corrected chi connectivity index (χ2v) is 15.1. The van der Waals surface area contributed by atoms with Crippen molar-refractivity contribution < 1.29 is 22.7 Å². The lowest BCUT2D eigenvalue weighted by Crippen LogP contribution is -2.56. The molecule has 4 aromatic rings. The van der Waals surface area contributed by atoms with Gasteiger partial charge in [0.25, 0.3) is 10.0 Å². The molecule has 0 spiro atoms. The summed E-state index contributed by atoms with van der Waals surface area (Å²) < 4.78 is 35.9. The van der Waals surface area contributed by atoms with E-state index >= 15 is 0 Å². The van der Waals surface area contributed by atoms with Gasteiger partial charge in [-0.3, -0.25) is 13.9 Å². The number of carbonyl (C=O) groups is 2. The number of sulfonamides is 1. The molecule has 10 heteroatoms. The van der Waals surface area contributed by atoms with Crippen molar-refractivity contribution in [3.63, 3.8) is 0 Å². The van der Waals surface area contributed by atoms with Crippen molar-refractivity contribution in [3.8, 4) is 5.75 Å². The van der Waals surface area contributed by atoms with Gasteiger partial charge in [0.05, 0.1) is 17.2 Å². The largest absolute Gasteiger partial charge is 0.494 e. The van der Waals surface area contributed by atoms with E-state index in [1.54, 1.807) is 36.4 Å². The van der Waals surface area contributed by atoms with Crippen LogP contribution in [-0.2, 0) is 32.6 Å². The number of hydrogen-bond donors (Lipinski definition) is 1. The third kappa shape index (κ3) is 9.92. The van der Waals surface area contributed by atoms with Gasteiger partial charge in [-0.2, -0.15) is 0 Å². The Balaban J connectivity index is 1.82. The molecule has 4 aromatic carbocycles. The smallest absolute Gasteiger partial charge is 0.264 e. The Labute approximate surface area is 286 Å². The van der Waals surface area contributed by atoms with Crippen molar-refractivity contribution >= 4 is 43.5 Å². The van der Waals surface area contributed by atoms with Crippen molar-refractivity contribution in [2.24, 2.45) is 0 Å². The number of anilines is 1. The first-order valence-corrected chi connectivity index (χ1v) is 17.7. The predicted octanol–water partition coefficient (Wildman–Crippen LogP) is 6.91. The second kappa shape index (κ2) is 15.6. The standard InChI is InChI=1S/C37H42BrN3O5S/c1-6-46-32-19-17-31(18-20-32)41(47(44,45)33-21-15-30(38)16-22-33)26-35(42)40(25-29-14-10-11-27(2)23-29)34(36(43)39-37(3,4)5)24-28-12-8-7-9-13-28/h7-23,34H,6,24-26H2,1-5H3,(H,39,43)/t34-/m1/s1. The number of carbonyl (C=O) groups excluding carboxylic acids is 2. The quantitative estimate of drug-likeness (QED) is 0.162. The van der Waals surface area contributed by atoms with Crippen LogP contribution in [-0.4, -0.2) is 49.9 Å². The highest BCUT2D eigenvalue weighted by Crippen LogP contribution is 2.28.